The zero-order chi connectivity index (χ0) is 23.6. The first-order chi connectivity index (χ1) is 15.7. The summed E-state index contributed by atoms with van der Waals surface area (Å²) in [6.07, 6.45) is -5.79. The van der Waals surface area contributed by atoms with Crippen LogP contribution in [0.25, 0.3) is 22.8 Å². The lowest BCUT2D eigenvalue weighted by Gasteiger charge is -2.06. The van der Waals surface area contributed by atoms with E-state index in [-0.39, 0.29) is 16.7 Å². The molecule has 0 saturated heterocycles. The number of halogens is 5. The number of benzene rings is 1. The van der Waals surface area contributed by atoms with Gasteiger partial charge in [0.05, 0.1) is 11.1 Å². The fraction of sp³-hybridized carbons (Fsp3) is 0.278. The summed E-state index contributed by atoms with van der Waals surface area (Å²) in [5, 5.41) is 18.7. The number of aromatic nitrogens is 7. The Morgan fingerprint density at radius 3 is 2.52 bits per heavy atom. The molecule has 0 saturated carbocycles. The van der Waals surface area contributed by atoms with Crippen molar-refractivity contribution in [2.24, 2.45) is 7.05 Å². The third-order valence-corrected chi connectivity index (χ3v) is 6.12. The molecule has 0 bridgehead atoms. The molecule has 0 aliphatic heterocycles. The highest BCUT2D eigenvalue weighted by molar-refractivity contribution is 8.02. The van der Waals surface area contributed by atoms with Crippen molar-refractivity contribution in [1.29, 1.82) is 0 Å². The molecule has 0 fully saturated rings. The normalized spacial score (nSPS) is 12.1. The van der Waals surface area contributed by atoms with Gasteiger partial charge in [0, 0.05) is 30.3 Å². The maximum Gasteiger partial charge on any atom is 0.416 e. The van der Waals surface area contributed by atoms with Crippen molar-refractivity contribution in [2.75, 3.05) is 11.5 Å². The third kappa shape index (κ3) is 5.52. The highest BCUT2D eigenvalue weighted by Crippen LogP contribution is 2.32. The minimum absolute atomic E-state index is 0.0382. The van der Waals surface area contributed by atoms with Gasteiger partial charge >= 0.3 is 6.18 Å². The van der Waals surface area contributed by atoms with E-state index in [0.717, 1.165) is 12.1 Å². The SMILES string of the molecule is Cn1cc(-c2nnc(SCCSc3n[nH]c(-c4ccc(C(F)(F)F)cc4)n3)o2)c(C(F)F)n1. The van der Waals surface area contributed by atoms with Crippen molar-refractivity contribution in [3.63, 3.8) is 0 Å². The fourth-order valence-electron chi connectivity index (χ4n) is 2.73. The first-order valence-corrected chi connectivity index (χ1v) is 11.2. The van der Waals surface area contributed by atoms with Gasteiger partial charge in [-0.05, 0) is 12.1 Å². The monoisotopic (exact) mass is 503 g/mol. The summed E-state index contributed by atoms with van der Waals surface area (Å²) in [6, 6.07) is 4.61. The van der Waals surface area contributed by atoms with Crippen molar-refractivity contribution >= 4 is 23.5 Å². The molecular weight excluding hydrogens is 489 g/mol. The van der Waals surface area contributed by atoms with Gasteiger partial charge < -0.3 is 4.42 Å². The summed E-state index contributed by atoms with van der Waals surface area (Å²) in [5.74, 6) is 1.41. The Balaban J connectivity index is 1.30. The molecule has 3 aromatic heterocycles. The molecule has 0 spiro atoms. The standard InChI is InChI=1S/C18H14F5N7OS2/c1-30-8-11(12(29-30)13(19)20)15-26-28-17(31-15)33-7-6-32-16-24-14(25-27-16)9-2-4-10(5-3-9)18(21,22)23/h2-5,8,13H,6-7H2,1H3,(H,24,25,27). The Labute approximate surface area is 191 Å². The molecule has 0 radical (unpaired) electrons. The van der Waals surface area contributed by atoms with Crippen molar-refractivity contribution < 1.29 is 26.4 Å². The topological polar surface area (TPSA) is 98.3 Å². The van der Waals surface area contributed by atoms with E-state index in [0.29, 0.717) is 28.0 Å². The Kier molecular flexibility index (Phi) is 6.69. The second kappa shape index (κ2) is 9.51. The molecule has 33 heavy (non-hydrogen) atoms. The van der Waals surface area contributed by atoms with Gasteiger partial charge in [0.2, 0.25) is 5.16 Å². The van der Waals surface area contributed by atoms with Crippen LogP contribution in [0.1, 0.15) is 17.7 Å². The van der Waals surface area contributed by atoms with Gasteiger partial charge in [0.15, 0.2) is 5.82 Å². The van der Waals surface area contributed by atoms with Crippen LogP contribution in [0.4, 0.5) is 22.0 Å². The Morgan fingerprint density at radius 2 is 1.82 bits per heavy atom. The molecule has 3 heterocycles. The molecule has 0 aliphatic rings. The molecular formula is C18H14F5N7OS2. The lowest BCUT2D eigenvalue weighted by molar-refractivity contribution is -0.137. The van der Waals surface area contributed by atoms with Crippen LogP contribution >= 0.6 is 23.5 Å². The molecule has 4 aromatic rings. The number of nitrogens with one attached hydrogen (secondary N) is 1. The number of nitrogens with zero attached hydrogens (tertiary/aromatic N) is 6. The van der Waals surface area contributed by atoms with Crippen LogP contribution < -0.4 is 0 Å². The summed E-state index contributed by atoms with van der Waals surface area (Å²) in [7, 11) is 1.52. The Hall–Kier alpha value is -2.94. The van der Waals surface area contributed by atoms with E-state index in [4.69, 9.17) is 4.42 Å². The van der Waals surface area contributed by atoms with Crippen LogP contribution in [0.5, 0.6) is 0 Å². The van der Waals surface area contributed by atoms with E-state index in [1.54, 1.807) is 0 Å². The summed E-state index contributed by atoms with van der Waals surface area (Å²) >= 11 is 2.55. The molecule has 0 aliphatic carbocycles. The zero-order valence-electron chi connectivity index (χ0n) is 16.7. The van der Waals surface area contributed by atoms with E-state index < -0.39 is 23.9 Å². The van der Waals surface area contributed by atoms with E-state index in [1.807, 2.05) is 0 Å². The van der Waals surface area contributed by atoms with Crippen LogP contribution in [-0.2, 0) is 13.2 Å². The second-order valence-corrected chi connectivity index (χ2v) is 8.62. The maximum atomic E-state index is 13.1. The number of rotatable bonds is 8. The number of aromatic amines is 1. The van der Waals surface area contributed by atoms with Crippen molar-refractivity contribution in [2.45, 2.75) is 23.0 Å². The van der Waals surface area contributed by atoms with Gasteiger partial charge in [0.25, 0.3) is 17.5 Å². The molecule has 174 valence electrons. The molecule has 4 rings (SSSR count). The average molecular weight is 503 g/mol. The predicted octanol–water partition coefficient (Wildman–Crippen LogP) is 5.10. The summed E-state index contributed by atoms with van der Waals surface area (Å²) in [4.78, 5) is 4.26. The number of hydrogen-bond donors (Lipinski definition) is 1. The lowest BCUT2D eigenvalue weighted by atomic mass is 10.1. The maximum absolute atomic E-state index is 13.1. The Bertz CT molecular complexity index is 1220. The van der Waals surface area contributed by atoms with Gasteiger partial charge in [-0.2, -0.15) is 18.3 Å². The molecule has 0 atom stereocenters. The number of thioether (sulfide) groups is 2. The number of hydrogen-bond acceptors (Lipinski definition) is 8. The summed E-state index contributed by atoms with van der Waals surface area (Å²) in [5.41, 5.74) is -0.608. The second-order valence-electron chi connectivity index (χ2n) is 6.51. The van der Waals surface area contributed by atoms with Crippen molar-refractivity contribution in [1.82, 2.24) is 35.2 Å². The molecule has 8 nitrogen and oxygen atoms in total. The highest BCUT2D eigenvalue weighted by Gasteiger charge is 2.30. The van der Waals surface area contributed by atoms with E-state index in [1.165, 1.54) is 53.6 Å². The summed E-state index contributed by atoms with van der Waals surface area (Å²) < 4.78 is 70.9. The van der Waals surface area contributed by atoms with Gasteiger partial charge in [-0.1, -0.05) is 35.7 Å². The van der Waals surface area contributed by atoms with E-state index in [9.17, 15) is 22.0 Å². The molecule has 15 heteroatoms. The number of aryl methyl sites for hydroxylation is 1. The van der Waals surface area contributed by atoms with Crippen LogP contribution in [0.15, 0.2) is 45.3 Å². The average Bonchev–Trinajstić information content (AvgIpc) is 3.50. The van der Waals surface area contributed by atoms with Crippen LogP contribution in [0, 0.1) is 0 Å². The van der Waals surface area contributed by atoms with Gasteiger partial charge in [0.1, 0.15) is 5.69 Å². The van der Waals surface area contributed by atoms with Gasteiger partial charge in [-0.15, -0.1) is 15.3 Å². The highest BCUT2D eigenvalue weighted by atomic mass is 32.2. The van der Waals surface area contributed by atoms with Crippen molar-refractivity contribution in [3.8, 4) is 22.8 Å². The number of alkyl halides is 5. The Morgan fingerprint density at radius 1 is 1.09 bits per heavy atom. The van der Waals surface area contributed by atoms with Crippen LogP contribution in [0.3, 0.4) is 0 Å². The number of H-pyrrole nitrogens is 1. The van der Waals surface area contributed by atoms with Gasteiger partial charge in [-0.3, -0.25) is 9.78 Å². The zero-order valence-corrected chi connectivity index (χ0v) is 18.3. The van der Waals surface area contributed by atoms with Crippen LogP contribution in [-0.4, -0.2) is 46.7 Å². The molecule has 0 amide bonds. The summed E-state index contributed by atoms with van der Waals surface area (Å²) in [6.45, 7) is 0. The molecule has 0 unspecified atom stereocenters. The first kappa shape index (κ1) is 23.2. The predicted molar refractivity (Wildman–Crippen MR) is 110 cm³/mol. The quantitative estimate of drug-likeness (QED) is 0.202. The minimum atomic E-state index is -4.40. The van der Waals surface area contributed by atoms with Crippen LogP contribution in [0.2, 0.25) is 0 Å². The molecule has 1 aromatic carbocycles. The smallest absolute Gasteiger partial charge is 0.411 e. The minimum Gasteiger partial charge on any atom is -0.411 e. The van der Waals surface area contributed by atoms with Crippen molar-refractivity contribution in [3.05, 3.63) is 41.7 Å². The van der Waals surface area contributed by atoms with E-state index >= 15 is 0 Å². The van der Waals surface area contributed by atoms with Gasteiger partial charge in [-0.25, -0.2) is 13.8 Å². The third-order valence-electron chi connectivity index (χ3n) is 4.19. The molecule has 1 N–H and O–H groups in total. The first-order valence-electron chi connectivity index (χ1n) is 9.22. The lowest BCUT2D eigenvalue weighted by Crippen LogP contribution is -2.04. The largest absolute Gasteiger partial charge is 0.416 e. The van der Waals surface area contributed by atoms with E-state index in [2.05, 4.69) is 30.5 Å². The fourth-order valence-corrected chi connectivity index (χ4v) is 4.25.